The number of carbonyl (C=O) groups is 1. The van der Waals surface area contributed by atoms with Crippen LogP contribution in [0.15, 0.2) is 11.1 Å². The molecule has 5 nitrogen and oxygen atoms in total. The fraction of sp³-hybridized carbons (Fsp3) is 0.533. The summed E-state index contributed by atoms with van der Waals surface area (Å²) in [5.41, 5.74) is 0.985. The van der Waals surface area contributed by atoms with Gasteiger partial charge in [-0.1, -0.05) is 6.92 Å². The second-order valence-corrected chi connectivity index (χ2v) is 6.63. The van der Waals surface area contributed by atoms with Gasteiger partial charge in [-0.15, -0.1) is 11.3 Å². The Bertz CT molecular complexity index is 747. The van der Waals surface area contributed by atoms with E-state index in [1.165, 1.54) is 10.9 Å². The Morgan fingerprint density at radius 3 is 3.00 bits per heavy atom. The number of aryl methyl sites for hydroxylation is 2. The van der Waals surface area contributed by atoms with Crippen LogP contribution >= 0.6 is 11.3 Å². The molecule has 1 fully saturated rings. The molecule has 1 saturated heterocycles. The third-order valence-electron chi connectivity index (χ3n) is 4.13. The molecule has 0 aromatic carbocycles. The normalized spacial score (nSPS) is 19.5. The average Bonchev–Trinajstić information content (AvgIpc) is 2.64. The molecule has 1 amide bonds. The number of thiophene rings is 1. The monoisotopic (exact) mass is 305 g/mol. The van der Waals surface area contributed by atoms with Crippen molar-refractivity contribution in [2.75, 3.05) is 6.54 Å². The van der Waals surface area contributed by atoms with Gasteiger partial charge in [0.1, 0.15) is 10.9 Å². The van der Waals surface area contributed by atoms with Crippen LogP contribution in [0.4, 0.5) is 0 Å². The first-order valence-corrected chi connectivity index (χ1v) is 8.22. The highest BCUT2D eigenvalue weighted by molar-refractivity contribution is 7.18. The summed E-state index contributed by atoms with van der Waals surface area (Å²) in [6, 6.07) is -0.429. The van der Waals surface area contributed by atoms with Crippen LogP contribution in [0.5, 0.6) is 0 Å². The Kier molecular flexibility index (Phi) is 3.80. The molecule has 1 aliphatic heterocycles. The van der Waals surface area contributed by atoms with Crippen LogP contribution in [0.2, 0.25) is 0 Å². The Morgan fingerprint density at radius 1 is 1.43 bits per heavy atom. The fourth-order valence-electron chi connectivity index (χ4n) is 3.01. The highest BCUT2D eigenvalue weighted by Gasteiger charge is 2.25. The van der Waals surface area contributed by atoms with Crippen molar-refractivity contribution in [3.8, 4) is 0 Å². The van der Waals surface area contributed by atoms with E-state index in [9.17, 15) is 9.59 Å². The van der Waals surface area contributed by atoms with Gasteiger partial charge in [0, 0.05) is 11.4 Å². The molecule has 1 aliphatic rings. The van der Waals surface area contributed by atoms with Crippen molar-refractivity contribution >= 4 is 27.5 Å². The minimum absolute atomic E-state index is 0.0687. The van der Waals surface area contributed by atoms with Gasteiger partial charge in [-0.3, -0.25) is 14.2 Å². The Morgan fingerprint density at radius 2 is 2.24 bits per heavy atom. The van der Waals surface area contributed by atoms with Gasteiger partial charge in [0.05, 0.1) is 11.7 Å². The van der Waals surface area contributed by atoms with Gasteiger partial charge < -0.3 is 5.32 Å². The molecule has 0 saturated carbocycles. The number of hydrogen-bond donors (Lipinski definition) is 1. The van der Waals surface area contributed by atoms with Gasteiger partial charge >= 0.3 is 0 Å². The fourth-order valence-corrected chi connectivity index (χ4v) is 4.08. The Labute approximate surface area is 127 Å². The molecular formula is C15H19N3O2S. The van der Waals surface area contributed by atoms with Crippen LogP contribution < -0.4 is 10.9 Å². The summed E-state index contributed by atoms with van der Waals surface area (Å²) in [5, 5.41) is 3.57. The van der Waals surface area contributed by atoms with Crippen molar-refractivity contribution < 1.29 is 4.79 Å². The van der Waals surface area contributed by atoms with E-state index >= 15 is 0 Å². The van der Waals surface area contributed by atoms with Crippen LogP contribution in [0.3, 0.4) is 0 Å². The zero-order valence-electron chi connectivity index (χ0n) is 12.3. The summed E-state index contributed by atoms with van der Waals surface area (Å²) in [4.78, 5) is 31.3. The highest BCUT2D eigenvalue weighted by atomic mass is 32.1. The maximum absolute atomic E-state index is 12.8. The maximum Gasteiger partial charge on any atom is 0.263 e. The quantitative estimate of drug-likeness (QED) is 0.925. The minimum Gasteiger partial charge on any atom is -0.354 e. The molecule has 3 heterocycles. The molecule has 0 aliphatic carbocycles. The molecule has 2 aromatic rings. The van der Waals surface area contributed by atoms with E-state index in [0.717, 1.165) is 34.5 Å². The largest absolute Gasteiger partial charge is 0.354 e. The van der Waals surface area contributed by atoms with Crippen LogP contribution in [-0.2, 0) is 11.2 Å². The van der Waals surface area contributed by atoms with E-state index in [2.05, 4.69) is 10.3 Å². The van der Waals surface area contributed by atoms with Crippen molar-refractivity contribution in [3.63, 3.8) is 0 Å². The third-order valence-corrected chi connectivity index (χ3v) is 5.19. The van der Waals surface area contributed by atoms with Gasteiger partial charge in [-0.2, -0.15) is 0 Å². The molecule has 0 spiro atoms. The number of fused-ring (bicyclic) bond motifs is 1. The number of aromatic nitrogens is 2. The Balaban J connectivity index is 2.17. The zero-order chi connectivity index (χ0) is 15.0. The molecular weight excluding hydrogens is 286 g/mol. The Hall–Kier alpha value is -1.69. The first kappa shape index (κ1) is 14.3. The lowest BCUT2D eigenvalue weighted by atomic mass is 10.1. The van der Waals surface area contributed by atoms with Crippen LogP contribution in [0.1, 0.15) is 42.7 Å². The molecule has 2 aromatic heterocycles. The molecule has 0 unspecified atom stereocenters. The average molecular weight is 305 g/mol. The molecule has 0 radical (unpaired) electrons. The first-order chi connectivity index (χ1) is 10.1. The predicted molar refractivity (Wildman–Crippen MR) is 83.9 cm³/mol. The molecule has 6 heteroatoms. The zero-order valence-corrected chi connectivity index (χ0v) is 13.1. The van der Waals surface area contributed by atoms with E-state index in [0.29, 0.717) is 18.4 Å². The molecule has 1 atom stereocenters. The van der Waals surface area contributed by atoms with Gasteiger partial charge in [0.25, 0.3) is 5.56 Å². The molecule has 21 heavy (non-hydrogen) atoms. The number of rotatable bonds is 2. The van der Waals surface area contributed by atoms with E-state index in [1.807, 2.05) is 13.8 Å². The van der Waals surface area contributed by atoms with Crippen molar-refractivity contribution in [1.82, 2.24) is 14.9 Å². The third kappa shape index (κ3) is 2.37. The molecule has 112 valence electrons. The number of carbonyl (C=O) groups excluding carboxylic acids is 1. The lowest BCUT2D eigenvalue weighted by Gasteiger charge is -2.16. The predicted octanol–water partition coefficient (Wildman–Crippen LogP) is 2.17. The van der Waals surface area contributed by atoms with Crippen molar-refractivity contribution in [1.29, 1.82) is 0 Å². The highest BCUT2D eigenvalue weighted by Crippen LogP contribution is 2.28. The summed E-state index contributed by atoms with van der Waals surface area (Å²) in [5.74, 6) is -0.0687. The first-order valence-electron chi connectivity index (χ1n) is 7.40. The van der Waals surface area contributed by atoms with Gasteiger partial charge in [-0.05, 0) is 38.2 Å². The summed E-state index contributed by atoms with van der Waals surface area (Å²) in [6.45, 7) is 4.76. The minimum atomic E-state index is -0.429. The lowest BCUT2D eigenvalue weighted by molar-refractivity contribution is -0.124. The standard InChI is InChI=1S/C15H19N3O2S/c1-3-10-9(2)21-14-12(10)15(20)18(8-17-14)11-6-4-5-7-16-13(11)19/h8,11H,3-7H2,1-2H3,(H,16,19)/t11-/m1/s1. The van der Waals surface area contributed by atoms with E-state index in [1.54, 1.807) is 11.3 Å². The van der Waals surface area contributed by atoms with E-state index < -0.39 is 6.04 Å². The number of nitrogens with zero attached hydrogens (tertiary/aromatic N) is 2. The molecule has 3 rings (SSSR count). The SMILES string of the molecule is CCc1c(C)sc2ncn([C@@H]3CCCCNC3=O)c(=O)c12. The van der Waals surface area contributed by atoms with Gasteiger partial charge in [0.2, 0.25) is 5.91 Å². The van der Waals surface area contributed by atoms with Crippen LogP contribution in [0, 0.1) is 6.92 Å². The second-order valence-electron chi connectivity index (χ2n) is 5.43. The summed E-state index contributed by atoms with van der Waals surface area (Å²) in [7, 11) is 0. The van der Waals surface area contributed by atoms with E-state index in [4.69, 9.17) is 0 Å². The van der Waals surface area contributed by atoms with Crippen molar-refractivity contribution in [2.24, 2.45) is 0 Å². The number of nitrogens with one attached hydrogen (secondary N) is 1. The van der Waals surface area contributed by atoms with Crippen LogP contribution in [-0.4, -0.2) is 22.0 Å². The number of amides is 1. The van der Waals surface area contributed by atoms with Crippen molar-refractivity contribution in [3.05, 3.63) is 27.1 Å². The molecule has 0 bridgehead atoms. The van der Waals surface area contributed by atoms with E-state index in [-0.39, 0.29) is 11.5 Å². The maximum atomic E-state index is 12.8. The van der Waals surface area contributed by atoms with Crippen molar-refractivity contribution in [2.45, 2.75) is 45.6 Å². The summed E-state index contributed by atoms with van der Waals surface area (Å²) in [6.07, 6.45) is 4.95. The second kappa shape index (κ2) is 5.60. The van der Waals surface area contributed by atoms with Gasteiger partial charge in [-0.25, -0.2) is 4.98 Å². The smallest absolute Gasteiger partial charge is 0.263 e. The van der Waals surface area contributed by atoms with Crippen LogP contribution in [0.25, 0.3) is 10.2 Å². The molecule has 1 N–H and O–H groups in total. The van der Waals surface area contributed by atoms with Gasteiger partial charge in [0.15, 0.2) is 0 Å². The topological polar surface area (TPSA) is 64.0 Å². The lowest BCUT2D eigenvalue weighted by Crippen LogP contribution is -2.36. The summed E-state index contributed by atoms with van der Waals surface area (Å²) >= 11 is 1.55. The number of hydrogen-bond acceptors (Lipinski definition) is 4. The summed E-state index contributed by atoms with van der Waals surface area (Å²) < 4.78 is 1.52.